The fourth-order valence-corrected chi connectivity index (χ4v) is 4.66. The van der Waals surface area contributed by atoms with Crippen molar-refractivity contribution in [3.63, 3.8) is 0 Å². The van der Waals surface area contributed by atoms with E-state index in [2.05, 4.69) is 10.3 Å². The van der Waals surface area contributed by atoms with Gasteiger partial charge in [-0.25, -0.2) is 4.98 Å². The quantitative estimate of drug-likeness (QED) is 0.444. The van der Waals surface area contributed by atoms with Crippen molar-refractivity contribution in [1.82, 2.24) is 15.2 Å². The first-order valence-electron chi connectivity index (χ1n) is 12.5. The average molecular weight is 524 g/mol. The summed E-state index contributed by atoms with van der Waals surface area (Å²) in [6.45, 7) is 8.91. The van der Waals surface area contributed by atoms with Gasteiger partial charge in [-0.2, -0.15) is 0 Å². The molecule has 0 saturated carbocycles. The summed E-state index contributed by atoms with van der Waals surface area (Å²) in [6, 6.07) is 5.18. The highest BCUT2D eigenvalue weighted by Gasteiger charge is 2.33. The van der Waals surface area contributed by atoms with E-state index in [0.717, 1.165) is 5.56 Å². The standard InChI is InChI=1S/C27H33N5O6/c1-6-37-20-11-16-12-32(25(28)22(16)30-23(20)26(36)29-5)13-19(33)15-9-17(27(2,3)4)24-18(10-15)31(7-8-38-24)14-21(34)35/h9-11,28H,6-8,12-14H2,1-5H3,(H,29,36)(H,34,35). The van der Waals surface area contributed by atoms with Crippen molar-refractivity contribution in [2.45, 2.75) is 39.7 Å². The molecule has 1 aromatic heterocycles. The molecule has 1 amide bonds. The number of hydrogen-bond donors (Lipinski definition) is 3. The van der Waals surface area contributed by atoms with Gasteiger partial charge in [-0.15, -0.1) is 0 Å². The molecule has 11 heteroatoms. The molecule has 0 aliphatic carbocycles. The zero-order valence-electron chi connectivity index (χ0n) is 22.3. The molecule has 0 bridgehead atoms. The molecule has 3 N–H and O–H groups in total. The Morgan fingerprint density at radius 3 is 2.55 bits per heavy atom. The van der Waals surface area contributed by atoms with Crippen LogP contribution in [0.2, 0.25) is 0 Å². The van der Waals surface area contributed by atoms with Crippen LogP contribution in [0, 0.1) is 5.41 Å². The van der Waals surface area contributed by atoms with Crippen LogP contribution in [0.4, 0.5) is 5.69 Å². The van der Waals surface area contributed by atoms with Crippen LogP contribution in [0.25, 0.3) is 0 Å². The lowest BCUT2D eigenvalue weighted by molar-refractivity contribution is -0.135. The topological polar surface area (TPSA) is 145 Å². The number of benzene rings is 1. The lowest BCUT2D eigenvalue weighted by Crippen LogP contribution is -2.38. The molecule has 2 aliphatic heterocycles. The summed E-state index contributed by atoms with van der Waals surface area (Å²) in [5, 5.41) is 20.6. The second kappa shape index (κ2) is 10.3. The van der Waals surface area contributed by atoms with E-state index in [9.17, 15) is 19.5 Å². The molecule has 0 fully saturated rings. The van der Waals surface area contributed by atoms with E-state index in [1.807, 2.05) is 20.8 Å². The van der Waals surface area contributed by atoms with Crippen LogP contribution in [0.15, 0.2) is 18.2 Å². The van der Waals surface area contributed by atoms with Gasteiger partial charge in [0.2, 0.25) is 0 Å². The molecule has 0 unspecified atom stereocenters. The molecule has 0 radical (unpaired) electrons. The summed E-state index contributed by atoms with van der Waals surface area (Å²) < 4.78 is 11.6. The first-order valence-corrected chi connectivity index (χ1v) is 12.5. The van der Waals surface area contributed by atoms with Crippen molar-refractivity contribution in [3.05, 3.63) is 46.3 Å². The average Bonchev–Trinajstić information content (AvgIpc) is 3.15. The number of fused-ring (bicyclic) bond motifs is 2. The molecule has 11 nitrogen and oxygen atoms in total. The fourth-order valence-electron chi connectivity index (χ4n) is 4.66. The third-order valence-corrected chi connectivity index (χ3v) is 6.52. The maximum Gasteiger partial charge on any atom is 0.323 e. The summed E-state index contributed by atoms with van der Waals surface area (Å²) in [7, 11) is 1.50. The molecule has 0 spiro atoms. The Balaban J connectivity index is 1.66. The Morgan fingerprint density at radius 1 is 1.18 bits per heavy atom. The highest BCUT2D eigenvalue weighted by molar-refractivity contribution is 6.06. The number of rotatable bonds is 8. The van der Waals surface area contributed by atoms with Gasteiger partial charge in [-0.05, 0) is 30.5 Å². The first kappa shape index (κ1) is 26.9. The van der Waals surface area contributed by atoms with Crippen LogP contribution in [0.1, 0.15) is 65.4 Å². The number of amidine groups is 1. The summed E-state index contributed by atoms with van der Waals surface area (Å²) in [6.07, 6.45) is 0. The third kappa shape index (κ3) is 5.13. The van der Waals surface area contributed by atoms with Crippen molar-refractivity contribution in [1.29, 1.82) is 5.41 Å². The molecule has 4 rings (SSSR count). The molecular formula is C27H33N5O6. The number of carboxylic acid groups (broad SMARTS) is 1. The fraction of sp³-hybridized carbons (Fsp3) is 0.444. The van der Waals surface area contributed by atoms with Gasteiger partial charge in [-0.3, -0.25) is 19.8 Å². The predicted molar refractivity (Wildman–Crippen MR) is 141 cm³/mol. The zero-order chi connectivity index (χ0) is 27.8. The van der Waals surface area contributed by atoms with Crippen LogP contribution >= 0.6 is 0 Å². The molecule has 2 aliphatic rings. The van der Waals surface area contributed by atoms with Gasteiger partial charge >= 0.3 is 5.97 Å². The van der Waals surface area contributed by atoms with Crippen molar-refractivity contribution in [3.8, 4) is 11.5 Å². The van der Waals surface area contributed by atoms with Gasteiger partial charge in [0, 0.05) is 30.3 Å². The minimum Gasteiger partial charge on any atom is -0.491 e. The number of carboxylic acids is 1. The van der Waals surface area contributed by atoms with E-state index < -0.39 is 11.9 Å². The van der Waals surface area contributed by atoms with E-state index in [0.29, 0.717) is 53.8 Å². The summed E-state index contributed by atoms with van der Waals surface area (Å²) in [5.41, 5.74) is 2.56. The van der Waals surface area contributed by atoms with Gasteiger partial charge in [0.1, 0.15) is 30.4 Å². The highest BCUT2D eigenvalue weighted by Crippen LogP contribution is 2.42. The molecule has 2 aromatic rings. The van der Waals surface area contributed by atoms with Crippen molar-refractivity contribution in [2.75, 3.05) is 44.8 Å². The maximum absolute atomic E-state index is 13.6. The van der Waals surface area contributed by atoms with Gasteiger partial charge in [0.15, 0.2) is 17.2 Å². The van der Waals surface area contributed by atoms with E-state index in [-0.39, 0.29) is 42.4 Å². The Bertz CT molecular complexity index is 1320. The van der Waals surface area contributed by atoms with Crippen LogP contribution in [-0.2, 0) is 16.8 Å². The number of amides is 1. The highest BCUT2D eigenvalue weighted by atomic mass is 16.5. The van der Waals surface area contributed by atoms with Gasteiger partial charge in [0.05, 0.1) is 25.4 Å². The number of carbonyl (C=O) groups is 3. The molecule has 0 atom stereocenters. The number of carbonyl (C=O) groups excluding carboxylic acids is 2. The largest absolute Gasteiger partial charge is 0.491 e. The number of aromatic nitrogens is 1. The van der Waals surface area contributed by atoms with Crippen molar-refractivity contribution < 1.29 is 29.0 Å². The number of pyridine rings is 1. The van der Waals surface area contributed by atoms with Gasteiger partial charge < -0.3 is 29.7 Å². The second-order valence-electron chi connectivity index (χ2n) is 10.3. The predicted octanol–water partition coefficient (Wildman–Crippen LogP) is 2.44. The molecule has 1 aromatic carbocycles. The molecule has 202 valence electrons. The van der Waals surface area contributed by atoms with Crippen LogP contribution in [-0.4, -0.2) is 78.4 Å². The molecule has 38 heavy (non-hydrogen) atoms. The maximum atomic E-state index is 13.6. The van der Waals surface area contributed by atoms with Crippen molar-refractivity contribution in [2.24, 2.45) is 0 Å². The number of anilines is 1. The Morgan fingerprint density at radius 2 is 1.92 bits per heavy atom. The summed E-state index contributed by atoms with van der Waals surface area (Å²) >= 11 is 0. The number of Topliss-reactive ketones (excluding diaryl/α,β-unsaturated/α-hetero) is 1. The number of ether oxygens (including phenoxy) is 2. The van der Waals surface area contributed by atoms with Crippen LogP contribution in [0.3, 0.4) is 0 Å². The minimum absolute atomic E-state index is 0.0476. The van der Waals surface area contributed by atoms with E-state index in [4.69, 9.17) is 14.9 Å². The second-order valence-corrected chi connectivity index (χ2v) is 10.3. The molecule has 3 heterocycles. The Labute approximate surface area is 221 Å². The van der Waals surface area contributed by atoms with Crippen molar-refractivity contribution >= 4 is 29.2 Å². The van der Waals surface area contributed by atoms with E-state index in [1.54, 1.807) is 34.9 Å². The first-order chi connectivity index (χ1) is 17.9. The number of aliphatic carboxylic acids is 1. The normalized spacial score (nSPS) is 14.5. The number of nitrogens with zero attached hydrogens (tertiary/aromatic N) is 3. The van der Waals surface area contributed by atoms with Crippen LogP contribution in [0.5, 0.6) is 11.5 Å². The summed E-state index contributed by atoms with van der Waals surface area (Å²) in [5.74, 6) is -0.646. The number of ketones is 1. The zero-order valence-corrected chi connectivity index (χ0v) is 22.3. The smallest absolute Gasteiger partial charge is 0.323 e. The van der Waals surface area contributed by atoms with Gasteiger partial charge in [-0.1, -0.05) is 20.8 Å². The number of nitrogens with one attached hydrogen (secondary N) is 2. The van der Waals surface area contributed by atoms with E-state index in [1.165, 1.54) is 7.05 Å². The number of hydrogen-bond acceptors (Lipinski definition) is 8. The Hall–Kier alpha value is -4.15. The van der Waals surface area contributed by atoms with Crippen LogP contribution < -0.4 is 19.7 Å². The Kier molecular flexibility index (Phi) is 7.30. The monoisotopic (exact) mass is 523 g/mol. The third-order valence-electron chi connectivity index (χ3n) is 6.52. The SMILES string of the molecule is CCOc1cc2c(nc1C(=O)NC)C(=N)N(CC(=O)c1cc3c(c(C(C)(C)C)c1)OCCN3CC(=O)O)C2. The summed E-state index contributed by atoms with van der Waals surface area (Å²) in [4.78, 5) is 45.1. The lowest BCUT2D eigenvalue weighted by Gasteiger charge is -2.34. The molecule has 0 saturated heterocycles. The minimum atomic E-state index is -0.967. The van der Waals surface area contributed by atoms with E-state index >= 15 is 0 Å². The van der Waals surface area contributed by atoms with Gasteiger partial charge in [0.25, 0.3) is 5.91 Å². The lowest BCUT2D eigenvalue weighted by atomic mass is 9.84. The molecular weight excluding hydrogens is 490 g/mol.